The molecule has 2 heteroatoms. The van der Waals surface area contributed by atoms with Gasteiger partial charge in [-0.3, -0.25) is 4.79 Å². The zero-order valence-electron chi connectivity index (χ0n) is 10.0. The van der Waals surface area contributed by atoms with Crippen LogP contribution in [-0.4, -0.2) is 11.9 Å². The van der Waals surface area contributed by atoms with Gasteiger partial charge < -0.3 is 5.32 Å². The second-order valence-electron chi connectivity index (χ2n) is 4.75. The van der Waals surface area contributed by atoms with Gasteiger partial charge in [-0.1, -0.05) is 18.9 Å². The highest BCUT2D eigenvalue weighted by Crippen LogP contribution is 2.18. The number of benzene rings is 1. The number of carbonyl (C=O) groups excluding carboxylic acids is 1. The molecule has 1 saturated carbocycles. The summed E-state index contributed by atoms with van der Waals surface area (Å²) in [5.41, 5.74) is 3.20. The van der Waals surface area contributed by atoms with Gasteiger partial charge in [0.1, 0.15) is 0 Å². The molecule has 1 fully saturated rings. The molecule has 86 valence electrons. The van der Waals surface area contributed by atoms with Crippen LogP contribution in [0.2, 0.25) is 0 Å². The van der Waals surface area contributed by atoms with E-state index in [0.717, 1.165) is 18.4 Å². The Labute approximate surface area is 97.1 Å². The summed E-state index contributed by atoms with van der Waals surface area (Å²) in [5.74, 6) is 0.0787. The second kappa shape index (κ2) is 4.69. The van der Waals surface area contributed by atoms with Crippen LogP contribution in [0.3, 0.4) is 0 Å². The third-order valence-electron chi connectivity index (χ3n) is 3.46. The highest BCUT2D eigenvalue weighted by Gasteiger charge is 2.17. The largest absolute Gasteiger partial charge is 0.349 e. The quantitative estimate of drug-likeness (QED) is 0.810. The molecule has 0 unspecified atom stereocenters. The Morgan fingerprint density at radius 3 is 2.50 bits per heavy atom. The van der Waals surface area contributed by atoms with Crippen molar-refractivity contribution < 1.29 is 4.79 Å². The molecular formula is C14H19NO. The average Bonchev–Trinajstić information content (AvgIpc) is 2.74. The fourth-order valence-electron chi connectivity index (χ4n) is 2.22. The average molecular weight is 217 g/mol. The van der Waals surface area contributed by atoms with Crippen molar-refractivity contribution in [3.8, 4) is 0 Å². The van der Waals surface area contributed by atoms with Gasteiger partial charge in [0.05, 0.1) is 0 Å². The highest BCUT2D eigenvalue weighted by atomic mass is 16.1. The van der Waals surface area contributed by atoms with Crippen LogP contribution in [-0.2, 0) is 0 Å². The summed E-state index contributed by atoms with van der Waals surface area (Å²) < 4.78 is 0. The summed E-state index contributed by atoms with van der Waals surface area (Å²) >= 11 is 0. The van der Waals surface area contributed by atoms with Crippen molar-refractivity contribution in [1.82, 2.24) is 5.32 Å². The first-order valence-electron chi connectivity index (χ1n) is 6.05. The predicted octanol–water partition coefficient (Wildman–Crippen LogP) is 2.98. The van der Waals surface area contributed by atoms with E-state index >= 15 is 0 Å². The number of amides is 1. The molecule has 0 aromatic heterocycles. The van der Waals surface area contributed by atoms with Crippen LogP contribution in [0.1, 0.15) is 47.2 Å². The molecule has 1 aliphatic carbocycles. The predicted molar refractivity (Wildman–Crippen MR) is 65.6 cm³/mol. The Kier molecular flexibility index (Phi) is 3.28. The molecule has 0 radical (unpaired) electrons. The second-order valence-corrected chi connectivity index (χ2v) is 4.75. The zero-order chi connectivity index (χ0) is 11.5. The minimum atomic E-state index is 0.0787. The normalized spacial score (nSPS) is 16.4. The molecule has 1 aromatic carbocycles. The van der Waals surface area contributed by atoms with Crippen molar-refractivity contribution in [3.05, 3.63) is 34.9 Å². The Bertz CT molecular complexity index is 392. The first kappa shape index (κ1) is 11.2. The molecular weight excluding hydrogens is 198 g/mol. The van der Waals surface area contributed by atoms with E-state index in [0.29, 0.717) is 6.04 Å². The lowest BCUT2D eigenvalue weighted by atomic mass is 10.1. The standard InChI is InChI=1S/C14H19NO/c1-10-7-8-12(9-11(10)2)14(16)15-13-5-3-4-6-13/h7-9,13H,3-6H2,1-2H3,(H,15,16). The number of hydrogen-bond donors (Lipinski definition) is 1. The molecule has 1 amide bonds. The van der Waals surface area contributed by atoms with Crippen LogP contribution < -0.4 is 5.32 Å². The lowest BCUT2D eigenvalue weighted by Gasteiger charge is -2.12. The van der Waals surface area contributed by atoms with E-state index in [1.165, 1.54) is 24.0 Å². The minimum absolute atomic E-state index is 0.0787. The number of nitrogens with one attached hydrogen (secondary N) is 1. The van der Waals surface area contributed by atoms with Gasteiger partial charge in [-0.15, -0.1) is 0 Å². The Balaban J connectivity index is 2.05. The summed E-state index contributed by atoms with van der Waals surface area (Å²) in [6, 6.07) is 6.29. The minimum Gasteiger partial charge on any atom is -0.349 e. The smallest absolute Gasteiger partial charge is 0.251 e. The Morgan fingerprint density at radius 1 is 1.19 bits per heavy atom. The third-order valence-corrected chi connectivity index (χ3v) is 3.46. The maximum Gasteiger partial charge on any atom is 0.251 e. The topological polar surface area (TPSA) is 29.1 Å². The SMILES string of the molecule is Cc1ccc(C(=O)NC2CCCC2)cc1C. The van der Waals surface area contributed by atoms with E-state index in [1.807, 2.05) is 25.1 Å². The monoisotopic (exact) mass is 217 g/mol. The summed E-state index contributed by atoms with van der Waals surface area (Å²) in [5, 5.41) is 3.10. The summed E-state index contributed by atoms with van der Waals surface area (Å²) in [4.78, 5) is 12.0. The van der Waals surface area contributed by atoms with Gasteiger partial charge in [0.2, 0.25) is 0 Å². The summed E-state index contributed by atoms with van der Waals surface area (Å²) in [7, 11) is 0. The lowest BCUT2D eigenvalue weighted by Crippen LogP contribution is -2.32. The summed E-state index contributed by atoms with van der Waals surface area (Å²) in [6.45, 7) is 4.11. The van der Waals surface area contributed by atoms with E-state index < -0.39 is 0 Å². The molecule has 0 bridgehead atoms. The van der Waals surface area contributed by atoms with Crippen molar-refractivity contribution in [2.75, 3.05) is 0 Å². The van der Waals surface area contributed by atoms with E-state index in [2.05, 4.69) is 12.2 Å². The molecule has 0 atom stereocenters. The molecule has 1 aromatic rings. The molecule has 16 heavy (non-hydrogen) atoms. The van der Waals surface area contributed by atoms with Crippen molar-refractivity contribution in [2.45, 2.75) is 45.6 Å². The van der Waals surface area contributed by atoms with Gasteiger partial charge in [0.25, 0.3) is 5.91 Å². The molecule has 0 spiro atoms. The van der Waals surface area contributed by atoms with Crippen molar-refractivity contribution in [1.29, 1.82) is 0 Å². The van der Waals surface area contributed by atoms with Gasteiger partial charge in [0.15, 0.2) is 0 Å². The number of hydrogen-bond acceptors (Lipinski definition) is 1. The van der Waals surface area contributed by atoms with E-state index in [1.54, 1.807) is 0 Å². The van der Waals surface area contributed by atoms with E-state index in [4.69, 9.17) is 0 Å². The molecule has 0 saturated heterocycles. The Morgan fingerprint density at radius 2 is 1.88 bits per heavy atom. The molecule has 1 N–H and O–H groups in total. The molecule has 1 aliphatic rings. The Hall–Kier alpha value is -1.31. The zero-order valence-corrected chi connectivity index (χ0v) is 10.0. The number of aryl methyl sites for hydroxylation is 2. The number of rotatable bonds is 2. The fourth-order valence-corrected chi connectivity index (χ4v) is 2.22. The molecule has 0 heterocycles. The van der Waals surface area contributed by atoms with E-state index in [-0.39, 0.29) is 5.91 Å². The first-order valence-corrected chi connectivity index (χ1v) is 6.05. The van der Waals surface area contributed by atoms with Crippen LogP contribution >= 0.6 is 0 Å². The van der Waals surface area contributed by atoms with Crippen molar-refractivity contribution in [2.24, 2.45) is 0 Å². The first-order chi connectivity index (χ1) is 7.66. The van der Waals surface area contributed by atoms with Gasteiger partial charge in [-0.2, -0.15) is 0 Å². The van der Waals surface area contributed by atoms with Crippen LogP contribution in [0, 0.1) is 13.8 Å². The lowest BCUT2D eigenvalue weighted by molar-refractivity contribution is 0.0938. The van der Waals surface area contributed by atoms with Gasteiger partial charge >= 0.3 is 0 Å². The fraction of sp³-hybridized carbons (Fsp3) is 0.500. The van der Waals surface area contributed by atoms with Crippen LogP contribution in [0.25, 0.3) is 0 Å². The number of carbonyl (C=O) groups is 1. The van der Waals surface area contributed by atoms with Crippen LogP contribution in [0.15, 0.2) is 18.2 Å². The maximum atomic E-state index is 12.0. The van der Waals surface area contributed by atoms with Crippen LogP contribution in [0.4, 0.5) is 0 Å². The highest BCUT2D eigenvalue weighted by molar-refractivity contribution is 5.94. The van der Waals surface area contributed by atoms with Crippen molar-refractivity contribution >= 4 is 5.91 Å². The third kappa shape index (κ3) is 2.43. The van der Waals surface area contributed by atoms with Gasteiger partial charge in [0, 0.05) is 11.6 Å². The maximum absolute atomic E-state index is 12.0. The van der Waals surface area contributed by atoms with Crippen molar-refractivity contribution in [3.63, 3.8) is 0 Å². The summed E-state index contributed by atoms with van der Waals surface area (Å²) in [6.07, 6.45) is 4.77. The molecule has 0 aliphatic heterocycles. The van der Waals surface area contributed by atoms with Gasteiger partial charge in [-0.25, -0.2) is 0 Å². The van der Waals surface area contributed by atoms with Crippen LogP contribution in [0.5, 0.6) is 0 Å². The molecule has 2 nitrogen and oxygen atoms in total. The van der Waals surface area contributed by atoms with Gasteiger partial charge in [-0.05, 0) is 49.9 Å². The molecule has 2 rings (SSSR count). The van der Waals surface area contributed by atoms with E-state index in [9.17, 15) is 4.79 Å².